The molecule has 0 saturated carbocycles. The van der Waals surface area contributed by atoms with E-state index in [1.54, 1.807) is 12.1 Å². The SMILES string of the molecule is NNC(Cc1cccc(F)c1)CC1CCCCO1. The Balaban J connectivity index is 1.88. The molecule has 18 heavy (non-hydrogen) atoms. The minimum absolute atomic E-state index is 0.134. The summed E-state index contributed by atoms with van der Waals surface area (Å²) in [5, 5.41) is 0. The minimum Gasteiger partial charge on any atom is -0.378 e. The van der Waals surface area contributed by atoms with Gasteiger partial charge in [0, 0.05) is 12.6 Å². The summed E-state index contributed by atoms with van der Waals surface area (Å²) in [6, 6.07) is 6.81. The van der Waals surface area contributed by atoms with Crippen LogP contribution < -0.4 is 11.3 Å². The molecule has 100 valence electrons. The Morgan fingerprint density at radius 2 is 2.33 bits per heavy atom. The Hall–Kier alpha value is -0.970. The molecule has 0 aromatic heterocycles. The molecule has 2 rings (SSSR count). The van der Waals surface area contributed by atoms with E-state index in [0.29, 0.717) is 0 Å². The van der Waals surface area contributed by atoms with Crippen molar-refractivity contribution in [3.8, 4) is 0 Å². The number of halogens is 1. The van der Waals surface area contributed by atoms with Gasteiger partial charge in [-0.1, -0.05) is 12.1 Å². The first-order valence-electron chi connectivity index (χ1n) is 6.60. The Kier molecular flexibility index (Phi) is 5.11. The zero-order valence-electron chi connectivity index (χ0n) is 10.6. The molecular weight excluding hydrogens is 231 g/mol. The van der Waals surface area contributed by atoms with Gasteiger partial charge in [0.25, 0.3) is 0 Å². The summed E-state index contributed by atoms with van der Waals surface area (Å²) < 4.78 is 18.8. The summed E-state index contributed by atoms with van der Waals surface area (Å²) >= 11 is 0. The van der Waals surface area contributed by atoms with Gasteiger partial charge in [-0.15, -0.1) is 0 Å². The molecule has 1 fully saturated rings. The summed E-state index contributed by atoms with van der Waals surface area (Å²) in [6.07, 6.45) is 5.37. The quantitative estimate of drug-likeness (QED) is 0.623. The van der Waals surface area contributed by atoms with Crippen LogP contribution in [0.5, 0.6) is 0 Å². The van der Waals surface area contributed by atoms with Gasteiger partial charge in [0.15, 0.2) is 0 Å². The van der Waals surface area contributed by atoms with Gasteiger partial charge in [0.2, 0.25) is 0 Å². The molecule has 1 saturated heterocycles. The smallest absolute Gasteiger partial charge is 0.123 e. The van der Waals surface area contributed by atoms with Gasteiger partial charge in [-0.05, 0) is 49.8 Å². The van der Waals surface area contributed by atoms with Crippen LogP contribution in [0.15, 0.2) is 24.3 Å². The lowest BCUT2D eigenvalue weighted by Crippen LogP contribution is -2.40. The number of hydrogen-bond donors (Lipinski definition) is 2. The van der Waals surface area contributed by atoms with Gasteiger partial charge in [-0.25, -0.2) is 4.39 Å². The van der Waals surface area contributed by atoms with Crippen molar-refractivity contribution >= 4 is 0 Å². The number of hydrazine groups is 1. The minimum atomic E-state index is -0.197. The van der Waals surface area contributed by atoms with Crippen molar-refractivity contribution in [1.82, 2.24) is 5.43 Å². The van der Waals surface area contributed by atoms with Gasteiger partial charge >= 0.3 is 0 Å². The van der Waals surface area contributed by atoms with E-state index in [1.807, 2.05) is 6.07 Å². The molecule has 0 radical (unpaired) electrons. The number of hydrogen-bond acceptors (Lipinski definition) is 3. The second-order valence-corrected chi connectivity index (χ2v) is 4.92. The third kappa shape index (κ3) is 4.05. The van der Waals surface area contributed by atoms with E-state index >= 15 is 0 Å². The average molecular weight is 252 g/mol. The molecule has 0 spiro atoms. The summed E-state index contributed by atoms with van der Waals surface area (Å²) in [5.74, 6) is 5.38. The largest absolute Gasteiger partial charge is 0.378 e. The Morgan fingerprint density at radius 3 is 3.00 bits per heavy atom. The van der Waals surface area contributed by atoms with Crippen LogP contribution in [0.3, 0.4) is 0 Å². The third-order valence-electron chi connectivity index (χ3n) is 3.43. The molecule has 3 nitrogen and oxygen atoms in total. The summed E-state index contributed by atoms with van der Waals surface area (Å²) in [7, 11) is 0. The van der Waals surface area contributed by atoms with Gasteiger partial charge in [-0.2, -0.15) is 0 Å². The van der Waals surface area contributed by atoms with Gasteiger partial charge < -0.3 is 4.74 Å². The number of ether oxygens (including phenoxy) is 1. The molecule has 1 aliphatic heterocycles. The van der Waals surface area contributed by atoms with Crippen LogP contribution in [-0.4, -0.2) is 18.8 Å². The topological polar surface area (TPSA) is 47.3 Å². The second-order valence-electron chi connectivity index (χ2n) is 4.92. The van der Waals surface area contributed by atoms with E-state index < -0.39 is 0 Å². The fourth-order valence-electron chi connectivity index (χ4n) is 2.47. The average Bonchev–Trinajstić information content (AvgIpc) is 2.39. The lowest BCUT2D eigenvalue weighted by Gasteiger charge is -2.26. The van der Waals surface area contributed by atoms with Crippen molar-refractivity contribution in [3.05, 3.63) is 35.6 Å². The van der Waals surface area contributed by atoms with Crippen LogP contribution in [0.25, 0.3) is 0 Å². The number of nitrogens with one attached hydrogen (secondary N) is 1. The third-order valence-corrected chi connectivity index (χ3v) is 3.43. The maximum atomic E-state index is 13.1. The number of benzene rings is 1. The predicted molar refractivity (Wildman–Crippen MR) is 69.4 cm³/mol. The molecule has 1 aromatic rings. The van der Waals surface area contributed by atoms with Crippen molar-refractivity contribution in [2.75, 3.05) is 6.61 Å². The Bertz CT molecular complexity index is 367. The highest BCUT2D eigenvalue weighted by Gasteiger charge is 2.19. The molecule has 2 unspecified atom stereocenters. The zero-order chi connectivity index (χ0) is 12.8. The van der Waals surface area contributed by atoms with E-state index in [4.69, 9.17) is 10.6 Å². The highest BCUT2D eigenvalue weighted by molar-refractivity contribution is 5.17. The maximum absolute atomic E-state index is 13.1. The highest BCUT2D eigenvalue weighted by atomic mass is 19.1. The van der Waals surface area contributed by atoms with Gasteiger partial charge in [0.05, 0.1) is 6.10 Å². The van der Waals surface area contributed by atoms with E-state index in [-0.39, 0.29) is 18.0 Å². The standard InChI is InChI=1S/C14H21FN2O/c15-12-5-3-4-11(8-12)9-13(17-16)10-14-6-1-2-7-18-14/h3-5,8,13-14,17H,1-2,6-7,9-10,16H2. The summed E-state index contributed by atoms with van der Waals surface area (Å²) in [6.45, 7) is 0.849. The number of rotatable bonds is 5. The zero-order valence-corrected chi connectivity index (χ0v) is 10.6. The first-order valence-corrected chi connectivity index (χ1v) is 6.60. The molecular formula is C14H21FN2O. The van der Waals surface area contributed by atoms with Crippen molar-refractivity contribution in [2.45, 2.75) is 44.2 Å². The van der Waals surface area contributed by atoms with E-state index in [1.165, 1.54) is 12.5 Å². The molecule has 4 heteroatoms. The molecule has 1 aromatic carbocycles. The van der Waals surface area contributed by atoms with Crippen LogP contribution in [0.1, 0.15) is 31.2 Å². The van der Waals surface area contributed by atoms with Crippen LogP contribution in [0.4, 0.5) is 4.39 Å². The molecule has 0 bridgehead atoms. The van der Waals surface area contributed by atoms with Gasteiger partial charge in [-0.3, -0.25) is 11.3 Å². The number of nitrogens with two attached hydrogens (primary N) is 1. The van der Waals surface area contributed by atoms with Crippen molar-refractivity contribution in [2.24, 2.45) is 5.84 Å². The Labute approximate surface area is 107 Å². The molecule has 1 heterocycles. The van der Waals surface area contributed by atoms with E-state index in [2.05, 4.69) is 5.43 Å². The molecule has 1 aliphatic rings. The maximum Gasteiger partial charge on any atom is 0.123 e. The molecule has 3 N–H and O–H groups in total. The molecule has 0 aliphatic carbocycles. The normalized spacial score (nSPS) is 21.8. The monoisotopic (exact) mass is 252 g/mol. The molecule has 2 atom stereocenters. The van der Waals surface area contributed by atoms with Crippen molar-refractivity contribution in [3.63, 3.8) is 0 Å². The van der Waals surface area contributed by atoms with E-state index in [0.717, 1.165) is 37.9 Å². The summed E-state index contributed by atoms with van der Waals surface area (Å²) in [5.41, 5.74) is 3.78. The van der Waals surface area contributed by atoms with Crippen LogP contribution in [-0.2, 0) is 11.2 Å². The van der Waals surface area contributed by atoms with Gasteiger partial charge in [0.1, 0.15) is 5.82 Å². The second kappa shape index (κ2) is 6.83. The summed E-state index contributed by atoms with van der Waals surface area (Å²) in [4.78, 5) is 0. The fraction of sp³-hybridized carbons (Fsp3) is 0.571. The highest BCUT2D eigenvalue weighted by Crippen LogP contribution is 2.18. The first-order chi connectivity index (χ1) is 8.78. The van der Waals surface area contributed by atoms with E-state index in [9.17, 15) is 4.39 Å². The predicted octanol–water partition coefficient (Wildman–Crippen LogP) is 2.16. The van der Waals surface area contributed by atoms with Crippen molar-refractivity contribution in [1.29, 1.82) is 0 Å². The lowest BCUT2D eigenvalue weighted by molar-refractivity contribution is 0.00524. The first kappa shape index (κ1) is 13.5. The molecule has 0 amide bonds. The Morgan fingerprint density at radius 1 is 1.44 bits per heavy atom. The van der Waals surface area contributed by atoms with Crippen LogP contribution in [0, 0.1) is 5.82 Å². The fourth-order valence-corrected chi connectivity index (χ4v) is 2.47. The van der Waals surface area contributed by atoms with Crippen molar-refractivity contribution < 1.29 is 9.13 Å². The van der Waals surface area contributed by atoms with Crippen LogP contribution in [0.2, 0.25) is 0 Å². The van der Waals surface area contributed by atoms with Crippen LogP contribution >= 0.6 is 0 Å². The lowest BCUT2D eigenvalue weighted by atomic mass is 9.97.